The first-order valence-electron chi connectivity index (χ1n) is 17.0. The van der Waals surface area contributed by atoms with Gasteiger partial charge in [-0.2, -0.15) is 0 Å². The van der Waals surface area contributed by atoms with Crippen LogP contribution in [0.1, 0.15) is 180 Å². The predicted molar refractivity (Wildman–Crippen MR) is 159 cm³/mol. The third-order valence-electron chi connectivity index (χ3n) is 10.3. The highest BCUT2D eigenvalue weighted by Crippen LogP contribution is 2.51. The molecular weight excluding hydrogens is 452 g/mol. The molecule has 0 atom stereocenters. The van der Waals surface area contributed by atoms with E-state index in [9.17, 15) is 4.79 Å². The van der Waals surface area contributed by atoms with Gasteiger partial charge in [0.05, 0.1) is 0 Å². The molecule has 0 aromatic rings. The molecule has 0 N–H and O–H groups in total. The Labute approximate surface area is 231 Å². The molecule has 0 amide bonds. The summed E-state index contributed by atoms with van der Waals surface area (Å²) in [7, 11) is 0. The SMILES string of the molecule is C=C(C)C(=O)OC(C1CCCCCCCCC1)(C1CCCCCCCCC1)C1CCCCCCCCC1. The summed E-state index contributed by atoms with van der Waals surface area (Å²) in [6.07, 6.45) is 36.2. The van der Waals surface area contributed by atoms with Gasteiger partial charge in [-0.25, -0.2) is 4.79 Å². The zero-order chi connectivity index (χ0) is 26.2. The number of hydrogen-bond donors (Lipinski definition) is 0. The molecule has 3 fully saturated rings. The molecule has 3 aliphatic rings. The third-order valence-corrected chi connectivity index (χ3v) is 10.3. The Hall–Kier alpha value is -0.790. The number of ether oxygens (including phenoxy) is 1. The summed E-state index contributed by atoms with van der Waals surface area (Å²) >= 11 is 0. The first-order chi connectivity index (χ1) is 18.1. The Morgan fingerprint density at radius 1 is 0.486 bits per heavy atom. The number of carbonyl (C=O) groups is 1. The molecule has 0 bridgehead atoms. The molecule has 0 aromatic heterocycles. The molecule has 3 aliphatic carbocycles. The summed E-state index contributed by atoms with van der Waals surface area (Å²) in [5.74, 6) is 1.48. The fourth-order valence-electron chi connectivity index (χ4n) is 8.28. The Morgan fingerprint density at radius 2 is 0.703 bits per heavy atom. The van der Waals surface area contributed by atoms with Crippen molar-refractivity contribution in [1.29, 1.82) is 0 Å². The lowest BCUT2D eigenvalue weighted by molar-refractivity contribution is -0.191. The van der Waals surface area contributed by atoms with E-state index in [4.69, 9.17) is 4.74 Å². The van der Waals surface area contributed by atoms with E-state index in [-0.39, 0.29) is 11.6 Å². The smallest absolute Gasteiger partial charge is 0.333 e. The van der Waals surface area contributed by atoms with Crippen molar-refractivity contribution in [2.75, 3.05) is 0 Å². The van der Waals surface area contributed by atoms with Crippen LogP contribution >= 0.6 is 0 Å². The van der Waals surface area contributed by atoms with Crippen LogP contribution in [0.5, 0.6) is 0 Å². The summed E-state index contributed by atoms with van der Waals surface area (Å²) in [6, 6.07) is 0. The summed E-state index contributed by atoms with van der Waals surface area (Å²) in [4.78, 5) is 13.6. The third kappa shape index (κ3) is 10.0. The largest absolute Gasteiger partial charge is 0.455 e. The van der Waals surface area contributed by atoms with Crippen molar-refractivity contribution in [3.05, 3.63) is 12.2 Å². The van der Waals surface area contributed by atoms with Gasteiger partial charge in [0, 0.05) is 5.57 Å². The van der Waals surface area contributed by atoms with Crippen molar-refractivity contribution in [2.45, 2.75) is 186 Å². The van der Waals surface area contributed by atoms with Gasteiger partial charge in [0.25, 0.3) is 0 Å². The highest BCUT2D eigenvalue weighted by Gasteiger charge is 2.52. The van der Waals surface area contributed by atoms with Crippen LogP contribution < -0.4 is 0 Å². The molecule has 37 heavy (non-hydrogen) atoms. The van der Waals surface area contributed by atoms with Crippen molar-refractivity contribution in [1.82, 2.24) is 0 Å². The average molecular weight is 515 g/mol. The van der Waals surface area contributed by atoms with Crippen molar-refractivity contribution >= 4 is 5.97 Å². The van der Waals surface area contributed by atoms with Crippen LogP contribution in [0.2, 0.25) is 0 Å². The molecule has 0 saturated heterocycles. The van der Waals surface area contributed by atoms with Crippen molar-refractivity contribution in [3.63, 3.8) is 0 Å². The average Bonchev–Trinajstić information content (AvgIpc) is 2.91. The molecule has 214 valence electrons. The second kappa shape index (κ2) is 17.7. The molecule has 2 heteroatoms. The first kappa shape index (κ1) is 30.7. The number of esters is 1. The van der Waals surface area contributed by atoms with Crippen LogP contribution in [0.4, 0.5) is 0 Å². The molecule has 3 rings (SSSR count). The van der Waals surface area contributed by atoms with Gasteiger partial charge in [0.1, 0.15) is 5.60 Å². The van der Waals surface area contributed by atoms with Crippen LogP contribution in [0.25, 0.3) is 0 Å². The Bertz CT molecular complexity index is 543. The molecule has 0 heterocycles. The normalized spacial score (nSPS) is 24.6. The lowest BCUT2D eigenvalue weighted by Crippen LogP contribution is -2.55. The summed E-state index contributed by atoms with van der Waals surface area (Å²) in [6.45, 7) is 5.96. The van der Waals surface area contributed by atoms with E-state index in [1.165, 1.54) is 173 Å². The van der Waals surface area contributed by atoms with Crippen LogP contribution in [-0.2, 0) is 9.53 Å². The molecular formula is C35H62O2. The summed E-state index contributed by atoms with van der Waals surface area (Å²) < 4.78 is 7.08. The Kier molecular flexibility index (Phi) is 14.7. The number of carbonyl (C=O) groups excluding carboxylic acids is 1. The van der Waals surface area contributed by atoms with Crippen LogP contribution in [-0.4, -0.2) is 11.6 Å². The van der Waals surface area contributed by atoms with Gasteiger partial charge in [0.15, 0.2) is 0 Å². The van der Waals surface area contributed by atoms with E-state index in [0.29, 0.717) is 23.3 Å². The Morgan fingerprint density at radius 3 is 0.919 bits per heavy atom. The molecule has 0 unspecified atom stereocenters. The van der Waals surface area contributed by atoms with Crippen LogP contribution in [0.3, 0.4) is 0 Å². The van der Waals surface area contributed by atoms with Gasteiger partial charge < -0.3 is 4.74 Å². The zero-order valence-corrected chi connectivity index (χ0v) is 24.8. The number of hydrogen-bond acceptors (Lipinski definition) is 2. The fourth-order valence-corrected chi connectivity index (χ4v) is 8.28. The van der Waals surface area contributed by atoms with E-state index < -0.39 is 0 Å². The van der Waals surface area contributed by atoms with Gasteiger partial charge in [0.2, 0.25) is 0 Å². The minimum atomic E-state index is -0.284. The second-order valence-electron chi connectivity index (χ2n) is 13.3. The van der Waals surface area contributed by atoms with E-state index in [1.54, 1.807) is 0 Å². The summed E-state index contributed by atoms with van der Waals surface area (Å²) in [5.41, 5.74) is 0.317. The van der Waals surface area contributed by atoms with Crippen molar-refractivity contribution in [2.24, 2.45) is 17.8 Å². The van der Waals surface area contributed by atoms with Crippen LogP contribution in [0, 0.1) is 17.8 Å². The van der Waals surface area contributed by atoms with Gasteiger partial charge in [-0.3, -0.25) is 0 Å². The quantitative estimate of drug-likeness (QED) is 0.269. The highest BCUT2D eigenvalue weighted by molar-refractivity contribution is 5.87. The van der Waals surface area contributed by atoms with Gasteiger partial charge in [-0.05, 0) is 63.2 Å². The molecule has 0 radical (unpaired) electrons. The highest BCUT2D eigenvalue weighted by atomic mass is 16.6. The van der Waals surface area contributed by atoms with Gasteiger partial charge in [-0.1, -0.05) is 141 Å². The van der Waals surface area contributed by atoms with E-state index >= 15 is 0 Å². The molecule has 2 nitrogen and oxygen atoms in total. The molecule has 0 aliphatic heterocycles. The maximum absolute atomic E-state index is 13.6. The van der Waals surface area contributed by atoms with E-state index in [0.717, 1.165) is 0 Å². The topological polar surface area (TPSA) is 26.3 Å². The van der Waals surface area contributed by atoms with Gasteiger partial charge in [-0.15, -0.1) is 0 Å². The lowest BCUT2D eigenvalue weighted by atomic mass is 9.60. The molecule has 0 spiro atoms. The maximum Gasteiger partial charge on any atom is 0.333 e. The van der Waals surface area contributed by atoms with E-state index in [2.05, 4.69) is 6.58 Å². The predicted octanol–water partition coefficient (Wildman–Crippen LogP) is 11.3. The lowest BCUT2D eigenvalue weighted by Gasteiger charge is -2.52. The minimum Gasteiger partial charge on any atom is -0.455 e. The number of rotatable bonds is 5. The molecule has 0 aromatic carbocycles. The standard InChI is InChI=1S/C35H62O2/c1-30(2)34(36)37-35(31-24-18-12-6-3-7-13-19-25-31,32-26-20-14-8-4-9-15-21-27-32)33-28-22-16-10-5-11-17-23-29-33/h31-33H,1,3-29H2,2H3. The second-order valence-corrected chi connectivity index (χ2v) is 13.3. The fraction of sp³-hybridized carbons (Fsp3) is 0.914. The Balaban J connectivity index is 2.04. The monoisotopic (exact) mass is 514 g/mol. The zero-order valence-electron chi connectivity index (χ0n) is 24.8. The van der Waals surface area contributed by atoms with Crippen molar-refractivity contribution in [3.8, 4) is 0 Å². The van der Waals surface area contributed by atoms with Gasteiger partial charge >= 0.3 is 5.97 Å². The minimum absolute atomic E-state index is 0.0914. The van der Waals surface area contributed by atoms with Crippen LogP contribution in [0.15, 0.2) is 12.2 Å². The van der Waals surface area contributed by atoms with Crippen molar-refractivity contribution < 1.29 is 9.53 Å². The molecule has 3 saturated carbocycles. The maximum atomic E-state index is 13.6. The van der Waals surface area contributed by atoms with E-state index in [1.807, 2.05) is 6.92 Å². The first-order valence-corrected chi connectivity index (χ1v) is 17.0. The summed E-state index contributed by atoms with van der Waals surface area (Å²) in [5, 5.41) is 0.